The molecule has 0 aliphatic heterocycles. The zero-order chi connectivity index (χ0) is 17.8. The van der Waals surface area contributed by atoms with E-state index in [2.05, 4.69) is 15.6 Å². The quantitative estimate of drug-likeness (QED) is 0.762. The third-order valence-electron chi connectivity index (χ3n) is 3.93. The van der Waals surface area contributed by atoms with Crippen LogP contribution >= 0.6 is 11.6 Å². The lowest BCUT2D eigenvalue weighted by atomic mass is 10.1. The highest BCUT2D eigenvalue weighted by Gasteiger charge is 2.11. The topological polar surface area (TPSA) is 76.9 Å². The molecule has 0 aliphatic carbocycles. The first-order valence-corrected chi connectivity index (χ1v) is 8.30. The minimum Gasteiger partial charge on any atom is -0.350 e. The van der Waals surface area contributed by atoms with Gasteiger partial charge in [-0.2, -0.15) is 0 Å². The van der Waals surface area contributed by atoms with Gasteiger partial charge >= 0.3 is 0 Å². The summed E-state index contributed by atoms with van der Waals surface area (Å²) in [6.07, 6.45) is 0.144. The second-order valence-corrected chi connectivity index (χ2v) is 6.16. The van der Waals surface area contributed by atoms with Crippen molar-refractivity contribution >= 4 is 28.4 Å². The Balaban J connectivity index is 1.63. The lowest BCUT2D eigenvalue weighted by Gasteiger charge is -2.14. The van der Waals surface area contributed by atoms with Gasteiger partial charge in [-0.15, -0.1) is 5.10 Å². The van der Waals surface area contributed by atoms with Crippen LogP contribution in [0.2, 0.25) is 5.02 Å². The molecule has 0 saturated heterocycles. The summed E-state index contributed by atoms with van der Waals surface area (Å²) in [6, 6.07) is 14.2. The van der Waals surface area contributed by atoms with Crippen LogP contribution in [0.15, 0.2) is 53.3 Å². The summed E-state index contributed by atoms with van der Waals surface area (Å²) in [5.74, 6) is -0.163. The third kappa shape index (κ3) is 4.03. The van der Waals surface area contributed by atoms with E-state index < -0.39 is 0 Å². The van der Waals surface area contributed by atoms with E-state index in [1.165, 1.54) is 4.68 Å². The molecule has 1 amide bonds. The standard InChI is InChI=1S/C18H17ClN4O2/c1-12(13-6-8-14(19)9-7-13)20-17(24)10-11-23-18(25)15-4-2-3-5-16(15)21-22-23/h2-9,12H,10-11H2,1H3,(H,20,24). The van der Waals surface area contributed by atoms with Crippen LogP contribution in [-0.2, 0) is 11.3 Å². The fourth-order valence-corrected chi connectivity index (χ4v) is 2.65. The maximum absolute atomic E-state index is 12.3. The minimum atomic E-state index is -0.246. The molecule has 1 aromatic heterocycles. The Kier molecular flexibility index (Phi) is 5.09. The van der Waals surface area contributed by atoms with E-state index in [0.29, 0.717) is 15.9 Å². The van der Waals surface area contributed by atoms with Crippen molar-refractivity contribution in [1.29, 1.82) is 0 Å². The average molecular weight is 357 g/mol. The predicted octanol–water partition coefficient (Wildman–Crippen LogP) is 2.71. The number of halogens is 1. The number of fused-ring (bicyclic) bond motifs is 1. The first-order chi connectivity index (χ1) is 12.0. The highest BCUT2D eigenvalue weighted by molar-refractivity contribution is 6.30. The van der Waals surface area contributed by atoms with Crippen molar-refractivity contribution in [3.05, 3.63) is 69.5 Å². The van der Waals surface area contributed by atoms with Gasteiger partial charge in [-0.3, -0.25) is 9.59 Å². The van der Waals surface area contributed by atoms with Crippen LogP contribution in [0.4, 0.5) is 0 Å². The predicted molar refractivity (Wildman–Crippen MR) is 96.4 cm³/mol. The highest BCUT2D eigenvalue weighted by atomic mass is 35.5. The van der Waals surface area contributed by atoms with Crippen LogP contribution in [0.25, 0.3) is 10.9 Å². The Morgan fingerprint density at radius 2 is 1.92 bits per heavy atom. The van der Waals surface area contributed by atoms with Gasteiger partial charge in [0, 0.05) is 11.4 Å². The molecule has 1 heterocycles. The van der Waals surface area contributed by atoms with Gasteiger partial charge in [-0.25, -0.2) is 4.68 Å². The molecule has 1 N–H and O–H groups in total. The number of amides is 1. The number of nitrogens with zero attached hydrogens (tertiary/aromatic N) is 3. The average Bonchev–Trinajstić information content (AvgIpc) is 2.62. The van der Waals surface area contributed by atoms with E-state index >= 15 is 0 Å². The zero-order valence-electron chi connectivity index (χ0n) is 13.6. The Hall–Kier alpha value is -2.73. The Labute approximate surface area is 149 Å². The van der Waals surface area contributed by atoms with Crippen molar-refractivity contribution < 1.29 is 4.79 Å². The van der Waals surface area contributed by atoms with E-state index in [1.54, 1.807) is 36.4 Å². The van der Waals surface area contributed by atoms with Crippen molar-refractivity contribution in [3.63, 3.8) is 0 Å². The maximum Gasteiger partial charge on any atom is 0.277 e. The number of aromatic nitrogens is 3. The number of carbonyl (C=O) groups excluding carboxylic acids is 1. The first kappa shape index (κ1) is 17.1. The molecule has 128 valence electrons. The van der Waals surface area contributed by atoms with Crippen molar-refractivity contribution in [3.8, 4) is 0 Å². The van der Waals surface area contributed by atoms with Gasteiger partial charge in [-0.05, 0) is 36.8 Å². The van der Waals surface area contributed by atoms with E-state index in [1.807, 2.05) is 19.1 Å². The number of hydrogen-bond donors (Lipinski definition) is 1. The molecule has 7 heteroatoms. The lowest BCUT2D eigenvalue weighted by Crippen LogP contribution is -2.30. The zero-order valence-corrected chi connectivity index (χ0v) is 14.4. The molecule has 1 atom stereocenters. The molecular formula is C18H17ClN4O2. The van der Waals surface area contributed by atoms with Gasteiger partial charge in [0.25, 0.3) is 5.56 Å². The molecule has 0 spiro atoms. The fourth-order valence-electron chi connectivity index (χ4n) is 2.53. The van der Waals surface area contributed by atoms with Gasteiger partial charge in [-0.1, -0.05) is 41.1 Å². The number of benzene rings is 2. The first-order valence-electron chi connectivity index (χ1n) is 7.92. The maximum atomic E-state index is 12.3. The normalized spacial score (nSPS) is 12.1. The fraction of sp³-hybridized carbons (Fsp3) is 0.222. The molecule has 3 rings (SSSR count). The summed E-state index contributed by atoms with van der Waals surface area (Å²) >= 11 is 5.86. The summed E-state index contributed by atoms with van der Waals surface area (Å²) in [6.45, 7) is 2.07. The van der Waals surface area contributed by atoms with E-state index in [4.69, 9.17) is 11.6 Å². The molecule has 1 unspecified atom stereocenters. The molecule has 25 heavy (non-hydrogen) atoms. The van der Waals surface area contributed by atoms with E-state index in [0.717, 1.165) is 5.56 Å². The third-order valence-corrected chi connectivity index (χ3v) is 4.18. The number of rotatable bonds is 5. The molecule has 6 nitrogen and oxygen atoms in total. The monoisotopic (exact) mass is 356 g/mol. The second kappa shape index (κ2) is 7.44. The molecule has 0 radical (unpaired) electrons. The van der Waals surface area contributed by atoms with Crippen molar-refractivity contribution in [2.75, 3.05) is 0 Å². The van der Waals surface area contributed by atoms with Gasteiger partial charge < -0.3 is 5.32 Å². The summed E-state index contributed by atoms with van der Waals surface area (Å²) < 4.78 is 1.22. The molecule has 2 aromatic carbocycles. The number of nitrogens with one attached hydrogen (secondary N) is 1. The van der Waals surface area contributed by atoms with Crippen molar-refractivity contribution in [2.24, 2.45) is 0 Å². The minimum absolute atomic E-state index is 0.144. The van der Waals surface area contributed by atoms with E-state index in [9.17, 15) is 9.59 Å². The van der Waals surface area contributed by atoms with Crippen LogP contribution < -0.4 is 10.9 Å². The molecule has 0 bridgehead atoms. The van der Waals surface area contributed by atoms with Gasteiger partial charge in [0.1, 0.15) is 5.52 Å². The molecule has 3 aromatic rings. The van der Waals surface area contributed by atoms with Crippen LogP contribution in [0.1, 0.15) is 24.9 Å². The van der Waals surface area contributed by atoms with Gasteiger partial charge in [0.15, 0.2) is 0 Å². The highest BCUT2D eigenvalue weighted by Crippen LogP contribution is 2.16. The van der Waals surface area contributed by atoms with Gasteiger partial charge in [0.05, 0.1) is 18.0 Å². The summed E-state index contributed by atoms with van der Waals surface area (Å²) in [4.78, 5) is 24.5. The Bertz CT molecular complexity index is 953. The molecular weight excluding hydrogens is 340 g/mol. The summed E-state index contributed by atoms with van der Waals surface area (Å²) in [5.41, 5.74) is 1.26. The van der Waals surface area contributed by atoms with Crippen molar-refractivity contribution in [2.45, 2.75) is 25.9 Å². The van der Waals surface area contributed by atoms with Crippen LogP contribution in [0.5, 0.6) is 0 Å². The number of hydrogen-bond acceptors (Lipinski definition) is 4. The Morgan fingerprint density at radius 1 is 1.20 bits per heavy atom. The molecule has 0 aliphatic rings. The molecule has 0 saturated carbocycles. The SMILES string of the molecule is CC(NC(=O)CCn1nnc2ccccc2c1=O)c1ccc(Cl)cc1. The second-order valence-electron chi connectivity index (χ2n) is 5.73. The smallest absolute Gasteiger partial charge is 0.277 e. The molecule has 0 fully saturated rings. The summed E-state index contributed by atoms with van der Waals surface area (Å²) in [7, 11) is 0. The van der Waals surface area contributed by atoms with Crippen LogP contribution in [-0.4, -0.2) is 20.9 Å². The number of aryl methyl sites for hydroxylation is 1. The lowest BCUT2D eigenvalue weighted by molar-refractivity contribution is -0.122. The van der Waals surface area contributed by atoms with E-state index in [-0.39, 0.29) is 30.5 Å². The Morgan fingerprint density at radius 3 is 2.68 bits per heavy atom. The summed E-state index contributed by atoms with van der Waals surface area (Å²) in [5, 5.41) is 11.9. The van der Waals surface area contributed by atoms with Crippen molar-refractivity contribution in [1.82, 2.24) is 20.3 Å². The largest absolute Gasteiger partial charge is 0.350 e. The van der Waals surface area contributed by atoms with Crippen LogP contribution in [0.3, 0.4) is 0 Å². The van der Waals surface area contributed by atoms with Gasteiger partial charge in [0.2, 0.25) is 5.91 Å². The van der Waals surface area contributed by atoms with Crippen LogP contribution in [0, 0.1) is 0 Å². The number of carbonyl (C=O) groups is 1.